The molecule has 2 saturated carbocycles. The van der Waals surface area contributed by atoms with Gasteiger partial charge in [0.1, 0.15) is 0 Å². The molecular weight excluding hydrogens is 172 g/mol. The summed E-state index contributed by atoms with van der Waals surface area (Å²) < 4.78 is 0. The maximum Gasteiger partial charge on any atom is 0.0672 e. The summed E-state index contributed by atoms with van der Waals surface area (Å²) in [6.07, 6.45) is 7.55. The second-order valence-electron chi connectivity index (χ2n) is 5.05. The Bertz CT molecular complexity index is 231. The van der Waals surface area contributed by atoms with Gasteiger partial charge >= 0.3 is 0 Å². The van der Waals surface area contributed by atoms with Crippen molar-refractivity contribution in [3.05, 3.63) is 0 Å². The van der Waals surface area contributed by atoms with E-state index < -0.39 is 0 Å². The van der Waals surface area contributed by atoms with Crippen molar-refractivity contribution in [3.63, 3.8) is 0 Å². The molecule has 2 aliphatic rings. The Labute approximate surface area is 86.7 Å². The van der Waals surface area contributed by atoms with Crippen molar-refractivity contribution in [2.24, 2.45) is 11.8 Å². The first-order chi connectivity index (χ1) is 6.79. The second kappa shape index (κ2) is 4.31. The van der Waals surface area contributed by atoms with Crippen LogP contribution in [0, 0.1) is 23.2 Å². The Morgan fingerprint density at radius 1 is 1.21 bits per heavy atom. The average Bonchev–Trinajstić information content (AvgIpc) is 2.76. The van der Waals surface area contributed by atoms with E-state index in [2.05, 4.69) is 18.3 Å². The van der Waals surface area contributed by atoms with Gasteiger partial charge < -0.3 is 5.32 Å². The molecule has 0 amide bonds. The molecule has 0 aliphatic heterocycles. The van der Waals surface area contributed by atoms with E-state index in [1.807, 2.05) is 0 Å². The summed E-state index contributed by atoms with van der Waals surface area (Å²) in [5, 5.41) is 12.7. The van der Waals surface area contributed by atoms with Gasteiger partial charge in [0.2, 0.25) is 0 Å². The Kier molecular flexibility index (Phi) is 3.08. The van der Waals surface area contributed by atoms with Crippen LogP contribution in [0.2, 0.25) is 0 Å². The highest BCUT2D eigenvalue weighted by Gasteiger charge is 2.30. The highest BCUT2D eigenvalue weighted by atomic mass is 15.0. The number of nitriles is 1. The largest absolute Gasteiger partial charge is 0.310 e. The zero-order valence-corrected chi connectivity index (χ0v) is 9.00. The summed E-state index contributed by atoms with van der Waals surface area (Å²) in [4.78, 5) is 0. The van der Waals surface area contributed by atoms with E-state index in [1.54, 1.807) is 0 Å². The van der Waals surface area contributed by atoms with E-state index in [-0.39, 0.29) is 5.92 Å². The van der Waals surface area contributed by atoms with Crippen LogP contribution in [-0.2, 0) is 0 Å². The molecule has 4 atom stereocenters. The van der Waals surface area contributed by atoms with E-state index in [4.69, 9.17) is 5.26 Å². The fourth-order valence-electron chi connectivity index (χ4n) is 2.98. The van der Waals surface area contributed by atoms with Crippen LogP contribution in [0.25, 0.3) is 0 Å². The summed E-state index contributed by atoms with van der Waals surface area (Å²) in [5.41, 5.74) is 0. The summed E-state index contributed by atoms with van der Waals surface area (Å²) >= 11 is 0. The monoisotopic (exact) mass is 192 g/mol. The second-order valence-corrected chi connectivity index (χ2v) is 5.05. The van der Waals surface area contributed by atoms with Gasteiger partial charge in [0.15, 0.2) is 0 Å². The molecule has 2 aliphatic carbocycles. The molecule has 0 aromatic heterocycles. The van der Waals surface area contributed by atoms with Crippen LogP contribution in [0.3, 0.4) is 0 Å². The summed E-state index contributed by atoms with van der Waals surface area (Å²) in [5.74, 6) is 1.17. The Morgan fingerprint density at radius 3 is 2.71 bits per heavy atom. The lowest BCUT2D eigenvalue weighted by atomic mass is 10.0. The van der Waals surface area contributed by atoms with Gasteiger partial charge in [-0.25, -0.2) is 0 Å². The number of nitrogens with zero attached hydrogens (tertiary/aromatic N) is 1. The smallest absolute Gasteiger partial charge is 0.0672 e. The van der Waals surface area contributed by atoms with Crippen LogP contribution >= 0.6 is 0 Å². The van der Waals surface area contributed by atoms with Gasteiger partial charge in [0, 0.05) is 12.1 Å². The van der Waals surface area contributed by atoms with Gasteiger partial charge in [-0.2, -0.15) is 5.26 Å². The van der Waals surface area contributed by atoms with E-state index in [0.717, 1.165) is 12.3 Å². The van der Waals surface area contributed by atoms with Crippen molar-refractivity contribution in [2.45, 2.75) is 57.5 Å². The van der Waals surface area contributed by atoms with Crippen molar-refractivity contribution in [2.75, 3.05) is 0 Å². The minimum atomic E-state index is 0.283. The SMILES string of the molecule is CC1CCC(NC2CCCC2C#N)C1. The molecule has 0 saturated heterocycles. The topological polar surface area (TPSA) is 35.8 Å². The molecule has 0 aromatic rings. The maximum atomic E-state index is 8.97. The Hall–Kier alpha value is -0.550. The highest BCUT2D eigenvalue weighted by Crippen LogP contribution is 2.29. The summed E-state index contributed by atoms with van der Waals surface area (Å²) in [6.45, 7) is 2.33. The normalized spacial score (nSPS) is 42.6. The van der Waals surface area contributed by atoms with Gasteiger partial charge in [-0.15, -0.1) is 0 Å². The lowest BCUT2D eigenvalue weighted by Crippen LogP contribution is -2.38. The fourth-order valence-corrected chi connectivity index (χ4v) is 2.98. The first-order valence-electron chi connectivity index (χ1n) is 5.95. The van der Waals surface area contributed by atoms with Crippen molar-refractivity contribution in [1.29, 1.82) is 5.26 Å². The van der Waals surface area contributed by atoms with Crippen molar-refractivity contribution in [3.8, 4) is 6.07 Å². The molecule has 2 heteroatoms. The van der Waals surface area contributed by atoms with Crippen LogP contribution in [0.1, 0.15) is 45.4 Å². The van der Waals surface area contributed by atoms with Gasteiger partial charge in [0.05, 0.1) is 12.0 Å². The van der Waals surface area contributed by atoms with Gasteiger partial charge in [-0.1, -0.05) is 13.3 Å². The van der Waals surface area contributed by atoms with E-state index >= 15 is 0 Å². The van der Waals surface area contributed by atoms with Crippen molar-refractivity contribution < 1.29 is 0 Å². The van der Waals surface area contributed by atoms with Crippen LogP contribution in [0.4, 0.5) is 0 Å². The van der Waals surface area contributed by atoms with Crippen LogP contribution in [0.5, 0.6) is 0 Å². The third-order valence-corrected chi connectivity index (χ3v) is 3.83. The number of rotatable bonds is 2. The quantitative estimate of drug-likeness (QED) is 0.729. The number of nitrogens with one attached hydrogen (secondary N) is 1. The molecule has 0 bridgehead atoms. The van der Waals surface area contributed by atoms with Crippen LogP contribution in [-0.4, -0.2) is 12.1 Å². The predicted octanol–water partition coefficient (Wildman–Crippen LogP) is 2.46. The molecule has 0 radical (unpaired) electrons. The number of hydrogen-bond donors (Lipinski definition) is 1. The van der Waals surface area contributed by atoms with Gasteiger partial charge in [0.25, 0.3) is 0 Å². The Morgan fingerprint density at radius 2 is 2.07 bits per heavy atom. The third kappa shape index (κ3) is 2.09. The molecule has 1 N–H and O–H groups in total. The predicted molar refractivity (Wildman–Crippen MR) is 56.7 cm³/mol. The zero-order valence-electron chi connectivity index (χ0n) is 9.00. The molecule has 2 rings (SSSR count). The molecule has 4 unspecified atom stereocenters. The molecule has 0 heterocycles. The van der Waals surface area contributed by atoms with E-state index in [1.165, 1.54) is 32.1 Å². The van der Waals surface area contributed by atoms with Crippen molar-refractivity contribution in [1.82, 2.24) is 5.32 Å². The molecule has 78 valence electrons. The summed E-state index contributed by atoms with van der Waals surface area (Å²) in [6, 6.07) is 3.63. The zero-order chi connectivity index (χ0) is 9.97. The molecule has 2 nitrogen and oxygen atoms in total. The van der Waals surface area contributed by atoms with Gasteiger partial charge in [-0.3, -0.25) is 0 Å². The maximum absolute atomic E-state index is 8.97. The lowest BCUT2D eigenvalue weighted by Gasteiger charge is -2.20. The molecule has 14 heavy (non-hydrogen) atoms. The molecule has 2 fully saturated rings. The minimum absolute atomic E-state index is 0.283. The standard InChI is InChI=1S/C12H20N2/c1-9-5-6-11(7-9)14-12-4-2-3-10(12)8-13/h9-12,14H,2-7H2,1H3. The van der Waals surface area contributed by atoms with E-state index in [9.17, 15) is 0 Å². The molecule has 0 spiro atoms. The van der Waals surface area contributed by atoms with E-state index in [0.29, 0.717) is 12.1 Å². The highest BCUT2D eigenvalue weighted by molar-refractivity contribution is 4.98. The van der Waals surface area contributed by atoms with Crippen molar-refractivity contribution >= 4 is 0 Å². The first kappa shape index (κ1) is 9.98. The average molecular weight is 192 g/mol. The third-order valence-electron chi connectivity index (χ3n) is 3.83. The van der Waals surface area contributed by atoms with Crippen LogP contribution in [0.15, 0.2) is 0 Å². The molecule has 0 aromatic carbocycles. The summed E-state index contributed by atoms with van der Waals surface area (Å²) in [7, 11) is 0. The lowest BCUT2D eigenvalue weighted by molar-refractivity contribution is 0.392. The van der Waals surface area contributed by atoms with Crippen LogP contribution < -0.4 is 5.32 Å². The van der Waals surface area contributed by atoms with Gasteiger partial charge in [-0.05, 0) is 38.0 Å². The first-order valence-corrected chi connectivity index (χ1v) is 5.95. The number of hydrogen-bond acceptors (Lipinski definition) is 2. The minimum Gasteiger partial charge on any atom is -0.310 e. The fraction of sp³-hybridized carbons (Fsp3) is 0.917. The Balaban J connectivity index is 1.82. The molecular formula is C12H20N2.